The van der Waals surface area contributed by atoms with E-state index in [1.165, 1.54) is 24.3 Å². The third-order valence-electron chi connectivity index (χ3n) is 6.17. The van der Waals surface area contributed by atoms with Crippen LogP contribution in [0.1, 0.15) is 11.1 Å². The fourth-order valence-electron chi connectivity index (χ4n) is 4.32. The molecule has 0 spiro atoms. The van der Waals surface area contributed by atoms with E-state index in [0.29, 0.717) is 52.3 Å². The zero-order chi connectivity index (χ0) is 24.6. The number of nitrogens with one attached hydrogen (secondary N) is 1. The summed E-state index contributed by atoms with van der Waals surface area (Å²) in [7, 11) is 0. The van der Waals surface area contributed by atoms with Crippen LogP contribution in [0.25, 0.3) is 33.5 Å². The second-order valence-electron chi connectivity index (χ2n) is 8.57. The largest absolute Gasteiger partial charge is 0.322 e. The van der Waals surface area contributed by atoms with Gasteiger partial charge in [0.15, 0.2) is 0 Å². The fourth-order valence-corrected chi connectivity index (χ4v) is 4.32. The van der Waals surface area contributed by atoms with Gasteiger partial charge in [-0.25, -0.2) is 23.5 Å². The van der Waals surface area contributed by atoms with E-state index in [9.17, 15) is 13.6 Å². The topological polar surface area (TPSA) is 71.0 Å². The number of aromatic nitrogens is 3. The lowest BCUT2D eigenvalue weighted by molar-refractivity contribution is 0.212. The number of urea groups is 1. The molecule has 3 aromatic carbocycles. The number of fused-ring (bicyclic) bond motifs is 2. The number of benzene rings is 3. The second kappa shape index (κ2) is 8.81. The fraction of sp³-hybridized carbons (Fsp3) is 0.0714. The van der Waals surface area contributed by atoms with Gasteiger partial charge in [-0.15, -0.1) is 0 Å². The molecule has 0 saturated carbocycles. The molecule has 3 heterocycles. The van der Waals surface area contributed by atoms with Crippen LogP contribution in [-0.2, 0) is 13.1 Å². The van der Waals surface area contributed by atoms with E-state index in [2.05, 4.69) is 10.3 Å². The molecule has 1 aliphatic heterocycles. The molecular weight excluding hydrogens is 460 g/mol. The summed E-state index contributed by atoms with van der Waals surface area (Å²) in [4.78, 5) is 28.3. The first-order valence-corrected chi connectivity index (χ1v) is 11.3. The van der Waals surface area contributed by atoms with E-state index in [-0.39, 0.29) is 17.7 Å². The molecular formula is C28H19F2N5O. The number of anilines is 1. The van der Waals surface area contributed by atoms with Crippen molar-refractivity contribution < 1.29 is 13.6 Å². The number of halogens is 2. The van der Waals surface area contributed by atoms with E-state index < -0.39 is 0 Å². The van der Waals surface area contributed by atoms with E-state index in [1.807, 2.05) is 6.07 Å². The summed E-state index contributed by atoms with van der Waals surface area (Å²) >= 11 is 0. The Morgan fingerprint density at radius 2 is 1.36 bits per heavy atom. The van der Waals surface area contributed by atoms with Gasteiger partial charge in [0, 0.05) is 42.3 Å². The van der Waals surface area contributed by atoms with Crippen LogP contribution in [0.2, 0.25) is 0 Å². The number of amides is 2. The number of carbonyl (C=O) groups excluding carboxylic acids is 1. The zero-order valence-corrected chi connectivity index (χ0v) is 19.0. The van der Waals surface area contributed by atoms with Gasteiger partial charge in [0.1, 0.15) is 11.6 Å². The van der Waals surface area contributed by atoms with Crippen LogP contribution in [0, 0.1) is 11.6 Å². The van der Waals surface area contributed by atoms with E-state index in [0.717, 1.165) is 11.1 Å². The number of nitrogens with zero attached hydrogens (tertiary/aromatic N) is 4. The van der Waals surface area contributed by atoms with Crippen molar-refractivity contribution in [3.05, 3.63) is 108 Å². The summed E-state index contributed by atoms with van der Waals surface area (Å²) in [6, 6.07) is 19.0. The molecule has 1 N–H and O–H groups in total. The molecule has 1 aliphatic rings. The lowest BCUT2D eigenvalue weighted by atomic mass is 10.0. The number of rotatable bonds is 3. The summed E-state index contributed by atoms with van der Waals surface area (Å²) in [5, 5.41) is 2.94. The average Bonchev–Trinajstić information content (AvgIpc) is 3.34. The SMILES string of the molecule is O=C(Nc1ccc2nc(-c3ccc(F)cc3)c(-c3ccc(F)cc3)nc2c1)N1Cc2ccncc2C1. The van der Waals surface area contributed by atoms with Crippen LogP contribution < -0.4 is 5.32 Å². The Balaban J connectivity index is 1.36. The van der Waals surface area contributed by atoms with Crippen LogP contribution >= 0.6 is 0 Å². The van der Waals surface area contributed by atoms with Crippen LogP contribution in [0.3, 0.4) is 0 Å². The minimum Gasteiger partial charge on any atom is -0.316 e. The number of hydrogen-bond donors (Lipinski definition) is 1. The van der Waals surface area contributed by atoms with Gasteiger partial charge in [-0.05, 0) is 83.9 Å². The van der Waals surface area contributed by atoms with Crippen molar-refractivity contribution in [2.24, 2.45) is 0 Å². The van der Waals surface area contributed by atoms with Crippen LogP contribution in [0.15, 0.2) is 85.2 Å². The Bertz CT molecular complexity index is 1580. The normalized spacial score (nSPS) is 12.6. The van der Waals surface area contributed by atoms with Crippen molar-refractivity contribution in [3.8, 4) is 22.5 Å². The highest BCUT2D eigenvalue weighted by molar-refractivity contribution is 5.93. The third kappa shape index (κ3) is 4.13. The summed E-state index contributed by atoms with van der Waals surface area (Å²) in [5.74, 6) is -0.714. The molecule has 2 amide bonds. The first-order chi connectivity index (χ1) is 17.5. The Morgan fingerprint density at radius 3 is 2.00 bits per heavy atom. The lowest BCUT2D eigenvalue weighted by Crippen LogP contribution is -2.30. The van der Waals surface area contributed by atoms with E-state index >= 15 is 0 Å². The smallest absolute Gasteiger partial charge is 0.316 e. The van der Waals surface area contributed by atoms with Crippen LogP contribution in [0.5, 0.6) is 0 Å². The number of hydrogen-bond acceptors (Lipinski definition) is 4. The molecule has 5 aromatic rings. The summed E-state index contributed by atoms with van der Waals surface area (Å²) in [6.45, 7) is 1.02. The molecule has 0 bridgehead atoms. The molecule has 0 radical (unpaired) electrons. The van der Waals surface area contributed by atoms with Crippen molar-refractivity contribution in [2.75, 3.05) is 5.32 Å². The van der Waals surface area contributed by atoms with Crippen molar-refractivity contribution in [3.63, 3.8) is 0 Å². The van der Waals surface area contributed by atoms with Crippen molar-refractivity contribution >= 4 is 22.8 Å². The standard InChI is InChI=1S/C28H19F2N5O/c29-21-5-1-17(2-6-21)26-27(18-3-7-22(30)8-4-18)34-25-13-23(9-10-24(25)33-26)32-28(36)35-15-19-11-12-31-14-20(19)16-35/h1-14H,15-16H2,(H,32,36). The maximum absolute atomic E-state index is 13.6. The summed E-state index contributed by atoms with van der Waals surface area (Å²) < 4.78 is 27.1. The van der Waals surface area contributed by atoms with Crippen LogP contribution in [-0.4, -0.2) is 25.9 Å². The van der Waals surface area contributed by atoms with Crippen molar-refractivity contribution in [1.29, 1.82) is 0 Å². The molecule has 176 valence electrons. The summed E-state index contributed by atoms with van der Waals surface area (Å²) in [5.41, 5.74) is 6.30. The highest BCUT2D eigenvalue weighted by Crippen LogP contribution is 2.32. The Morgan fingerprint density at radius 1 is 0.750 bits per heavy atom. The first kappa shape index (κ1) is 21.8. The monoisotopic (exact) mass is 479 g/mol. The van der Waals surface area contributed by atoms with Gasteiger partial charge < -0.3 is 10.2 Å². The first-order valence-electron chi connectivity index (χ1n) is 11.3. The Labute approximate surface area is 205 Å². The molecule has 0 unspecified atom stereocenters. The van der Waals surface area contributed by atoms with Gasteiger partial charge in [-0.3, -0.25) is 4.98 Å². The zero-order valence-electron chi connectivity index (χ0n) is 19.0. The quantitative estimate of drug-likeness (QED) is 0.335. The Kier molecular flexibility index (Phi) is 5.33. The molecule has 2 aromatic heterocycles. The minimum atomic E-state index is -0.360. The highest BCUT2D eigenvalue weighted by Gasteiger charge is 2.23. The second-order valence-corrected chi connectivity index (χ2v) is 8.57. The number of carbonyl (C=O) groups is 1. The molecule has 6 nitrogen and oxygen atoms in total. The third-order valence-corrected chi connectivity index (χ3v) is 6.17. The highest BCUT2D eigenvalue weighted by atomic mass is 19.1. The maximum atomic E-state index is 13.6. The van der Waals surface area contributed by atoms with Gasteiger partial charge in [0.2, 0.25) is 0 Å². The van der Waals surface area contributed by atoms with E-state index in [1.54, 1.807) is 59.8 Å². The van der Waals surface area contributed by atoms with Gasteiger partial charge in [-0.2, -0.15) is 0 Å². The average molecular weight is 479 g/mol. The van der Waals surface area contributed by atoms with E-state index in [4.69, 9.17) is 9.97 Å². The Hall–Kier alpha value is -4.72. The van der Waals surface area contributed by atoms with Crippen molar-refractivity contribution in [2.45, 2.75) is 13.1 Å². The molecule has 0 aliphatic carbocycles. The van der Waals surface area contributed by atoms with Crippen LogP contribution in [0.4, 0.5) is 19.3 Å². The predicted molar refractivity (Wildman–Crippen MR) is 133 cm³/mol. The minimum absolute atomic E-state index is 0.222. The van der Waals surface area contributed by atoms with Gasteiger partial charge in [0.25, 0.3) is 0 Å². The predicted octanol–water partition coefficient (Wildman–Crippen LogP) is 6.18. The van der Waals surface area contributed by atoms with Crippen molar-refractivity contribution in [1.82, 2.24) is 19.9 Å². The van der Waals surface area contributed by atoms with Gasteiger partial charge in [0.05, 0.1) is 22.4 Å². The molecule has 0 atom stereocenters. The molecule has 0 fully saturated rings. The molecule has 8 heteroatoms. The maximum Gasteiger partial charge on any atom is 0.322 e. The number of pyridine rings is 1. The van der Waals surface area contributed by atoms with Gasteiger partial charge >= 0.3 is 6.03 Å². The lowest BCUT2D eigenvalue weighted by Gasteiger charge is -2.17. The molecule has 6 rings (SSSR count). The molecule has 0 saturated heterocycles. The summed E-state index contributed by atoms with van der Waals surface area (Å²) in [6.07, 6.45) is 3.51. The molecule has 36 heavy (non-hydrogen) atoms. The van der Waals surface area contributed by atoms with Gasteiger partial charge in [-0.1, -0.05) is 0 Å².